The molecular weight excluding hydrogens is 498 g/mol. The van der Waals surface area contributed by atoms with Crippen LogP contribution in [0.25, 0.3) is 71.9 Å². The van der Waals surface area contributed by atoms with Crippen molar-refractivity contribution < 1.29 is 6.85 Å². The van der Waals surface area contributed by atoms with Crippen molar-refractivity contribution in [2.24, 2.45) is 0 Å². The Kier molecular flexibility index (Phi) is 4.37. The topological polar surface area (TPSA) is 30.7 Å². The van der Waals surface area contributed by atoms with Gasteiger partial charge in [-0.25, -0.2) is 4.98 Å². The number of para-hydroxylation sites is 3. The number of nitrogens with zero attached hydrogens (tertiary/aromatic N) is 3. The number of hydrogen-bond donors (Lipinski definition) is 0. The molecule has 8 rings (SSSR count). The quantitative estimate of drug-likeness (QED) is 0.213. The molecule has 0 aliphatic carbocycles. The van der Waals surface area contributed by atoms with Gasteiger partial charge in [-0.1, -0.05) is 103 Å². The van der Waals surface area contributed by atoms with E-state index < -0.39 is 18.1 Å². The van der Waals surface area contributed by atoms with E-state index >= 15 is 0 Å². The van der Waals surface area contributed by atoms with Crippen LogP contribution in [0.4, 0.5) is 0 Å². The molecule has 2 aromatic heterocycles. The van der Waals surface area contributed by atoms with E-state index in [1.54, 1.807) is 10.8 Å². The molecule has 0 amide bonds. The van der Waals surface area contributed by atoms with Gasteiger partial charge in [-0.3, -0.25) is 9.55 Å². The third-order valence-electron chi connectivity index (χ3n) is 7.57. The van der Waals surface area contributed by atoms with Crippen LogP contribution in [0.5, 0.6) is 0 Å². The second-order valence-corrected chi connectivity index (χ2v) is 9.90. The van der Waals surface area contributed by atoms with Crippen molar-refractivity contribution in [3.8, 4) is 39.3 Å². The number of imidazole rings is 1. The maximum Gasteiger partial charge on any atom is 0.146 e. The predicted octanol–water partition coefficient (Wildman–Crippen LogP) is 9.73. The third-order valence-corrected chi connectivity index (χ3v) is 7.57. The van der Waals surface area contributed by atoms with E-state index in [4.69, 9.17) is 11.8 Å². The van der Waals surface area contributed by atoms with Crippen LogP contribution in [-0.4, -0.2) is 14.5 Å². The Morgan fingerprint density at radius 3 is 1.90 bits per heavy atom. The molecule has 6 aromatic carbocycles. The molecule has 0 saturated heterocycles. The first-order valence-corrected chi connectivity index (χ1v) is 13.4. The molecule has 41 heavy (non-hydrogen) atoms. The van der Waals surface area contributed by atoms with Crippen molar-refractivity contribution in [3.63, 3.8) is 0 Å². The van der Waals surface area contributed by atoms with Crippen LogP contribution < -0.4 is 0 Å². The summed E-state index contributed by atoms with van der Waals surface area (Å²) in [7, 11) is 0. The van der Waals surface area contributed by atoms with Gasteiger partial charge in [-0.2, -0.15) is 0 Å². The van der Waals surface area contributed by atoms with Gasteiger partial charge in [0.15, 0.2) is 0 Å². The average Bonchev–Trinajstić information content (AvgIpc) is 3.48. The lowest BCUT2D eigenvalue weighted by Crippen LogP contribution is -1.99. The number of hydrogen-bond acceptors (Lipinski definition) is 2. The van der Waals surface area contributed by atoms with Crippen molar-refractivity contribution in [1.29, 1.82) is 0 Å². The zero-order chi connectivity index (χ0) is 31.5. The fraction of sp³-hybridized carbons (Fsp3) is 0. The Balaban J connectivity index is 1.51. The zero-order valence-electron chi connectivity index (χ0n) is 26.9. The standard InChI is InChI=1S/C38H25N3/c1-2-15-29(16-3-1)41-35-22-9-8-21-34(35)40-38(41)37-32-19-6-4-17-30(32)36(31-18-5-7-20-33(31)37)27-13-10-12-26(24-27)28-14-11-23-39-25-28/h1-25H/i1D,2D,3D,15D,16D. The highest BCUT2D eigenvalue weighted by molar-refractivity contribution is 6.21. The Hall–Kier alpha value is -5.54. The van der Waals surface area contributed by atoms with Gasteiger partial charge < -0.3 is 0 Å². The normalized spacial score (nSPS) is 13.1. The minimum absolute atomic E-state index is 0.0658. The second-order valence-electron chi connectivity index (χ2n) is 9.90. The van der Waals surface area contributed by atoms with Gasteiger partial charge >= 0.3 is 0 Å². The molecule has 8 aromatic rings. The summed E-state index contributed by atoms with van der Waals surface area (Å²) in [5.41, 5.74) is 6.42. The molecule has 3 heteroatoms. The summed E-state index contributed by atoms with van der Waals surface area (Å²) in [6.45, 7) is 0. The van der Waals surface area contributed by atoms with E-state index in [9.17, 15) is 0 Å². The van der Waals surface area contributed by atoms with Crippen LogP contribution >= 0.6 is 0 Å². The lowest BCUT2D eigenvalue weighted by atomic mass is 9.87. The van der Waals surface area contributed by atoms with Crippen LogP contribution in [0, 0.1) is 0 Å². The van der Waals surface area contributed by atoms with Crippen LogP contribution in [0.1, 0.15) is 6.85 Å². The van der Waals surface area contributed by atoms with E-state index in [1.165, 1.54) is 0 Å². The molecule has 3 nitrogen and oxygen atoms in total. The molecule has 192 valence electrons. The van der Waals surface area contributed by atoms with E-state index in [0.29, 0.717) is 16.9 Å². The summed E-state index contributed by atoms with van der Waals surface area (Å²) >= 11 is 0. The molecule has 0 radical (unpaired) electrons. The van der Waals surface area contributed by atoms with Crippen molar-refractivity contribution in [2.45, 2.75) is 0 Å². The molecule has 0 spiro atoms. The number of rotatable bonds is 4. The van der Waals surface area contributed by atoms with Gasteiger partial charge in [0.25, 0.3) is 0 Å². The van der Waals surface area contributed by atoms with Gasteiger partial charge in [-0.05, 0) is 74.6 Å². The molecule has 0 atom stereocenters. The molecule has 0 aliphatic heterocycles. The Morgan fingerprint density at radius 1 is 0.561 bits per heavy atom. The highest BCUT2D eigenvalue weighted by atomic mass is 15.1. The Bertz CT molecular complexity index is 2400. The SMILES string of the molecule is [2H]c1c([2H])c([2H])c(-n2c(-c3c4ccccc4c(-c4cccc(-c5cccnc5)c4)c4ccccc34)nc3ccccc32)c([2H])c1[2H]. The molecule has 0 saturated carbocycles. The highest BCUT2D eigenvalue weighted by Crippen LogP contribution is 2.45. The van der Waals surface area contributed by atoms with Gasteiger partial charge in [0.1, 0.15) is 5.82 Å². The molecule has 2 heterocycles. The minimum atomic E-state index is -0.432. The molecule has 0 fully saturated rings. The second kappa shape index (κ2) is 9.58. The van der Waals surface area contributed by atoms with E-state index in [-0.39, 0.29) is 17.8 Å². The summed E-state index contributed by atoms with van der Waals surface area (Å²) in [5.74, 6) is 0.503. The molecule has 0 unspecified atom stereocenters. The number of aromatic nitrogens is 3. The fourth-order valence-electron chi connectivity index (χ4n) is 5.84. The number of pyridine rings is 1. The number of benzene rings is 6. The molecule has 0 aliphatic rings. The van der Waals surface area contributed by atoms with Crippen LogP contribution in [-0.2, 0) is 0 Å². The van der Waals surface area contributed by atoms with E-state index in [2.05, 4.69) is 59.6 Å². The monoisotopic (exact) mass is 528 g/mol. The first kappa shape index (κ1) is 18.7. The van der Waals surface area contributed by atoms with E-state index in [0.717, 1.165) is 49.4 Å². The van der Waals surface area contributed by atoms with Crippen molar-refractivity contribution in [1.82, 2.24) is 14.5 Å². The maximum absolute atomic E-state index is 8.88. The summed E-state index contributed by atoms with van der Waals surface area (Å²) in [5, 5.41) is 3.90. The van der Waals surface area contributed by atoms with Gasteiger partial charge in [0, 0.05) is 29.2 Å². The van der Waals surface area contributed by atoms with Crippen LogP contribution in [0.2, 0.25) is 0 Å². The first-order chi connectivity index (χ1) is 22.4. The Labute approximate surface area is 245 Å². The summed E-state index contributed by atoms with van der Waals surface area (Å²) in [6.07, 6.45) is 3.63. The van der Waals surface area contributed by atoms with Gasteiger partial charge in [0.05, 0.1) is 17.9 Å². The fourth-order valence-corrected chi connectivity index (χ4v) is 5.84. The minimum Gasteiger partial charge on any atom is -0.292 e. The Morgan fingerprint density at radius 2 is 1.20 bits per heavy atom. The van der Waals surface area contributed by atoms with Crippen molar-refractivity contribution in [2.75, 3.05) is 0 Å². The van der Waals surface area contributed by atoms with E-state index in [1.807, 2.05) is 60.8 Å². The van der Waals surface area contributed by atoms with Crippen molar-refractivity contribution in [3.05, 3.63) is 152 Å². The summed E-state index contributed by atoms with van der Waals surface area (Å²) in [6, 6.07) is 34.5. The predicted molar refractivity (Wildman–Crippen MR) is 170 cm³/mol. The summed E-state index contributed by atoms with van der Waals surface area (Å²) < 4.78 is 44.6. The summed E-state index contributed by atoms with van der Waals surface area (Å²) in [4.78, 5) is 9.42. The van der Waals surface area contributed by atoms with Crippen LogP contribution in [0.3, 0.4) is 0 Å². The average molecular weight is 529 g/mol. The molecular formula is C38H25N3. The van der Waals surface area contributed by atoms with Crippen molar-refractivity contribution >= 4 is 32.6 Å². The molecule has 0 N–H and O–H groups in total. The van der Waals surface area contributed by atoms with Gasteiger partial charge in [-0.15, -0.1) is 0 Å². The largest absolute Gasteiger partial charge is 0.292 e. The molecule has 0 bridgehead atoms. The highest BCUT2D eigenvalue weighted by Gasteiger charge is 2.22. The third kappa shape index (κ3) is 3.82. The maximum atomic E-state index is 8.88. The van der Waals surface area contributed by atoms with Crippen LogP contribution in [0.15, 0.2) is 152 Å². The smallest absolute Gasteiger partial charge is 0.146 e. The number of fused-ring (bicyclic) bond motifs is 3. The first-order valence-electron chi connectivity index (χ1n) is 15.9. The lowest BCUT2D eigenvalue weighted by molar-refractivity contribution is 1.11. The lowest BCUT2D eigenvalue weighted by Gasteiger charge is -2.18. The van der Waals surface area contributed by atoms with Gasteiger partial charge in [0.2, 0.25) is 0 Å². The zero-order valence-corrected chi connectivity index (χ0v) is 21.9.